The van der Waals surface area contributed by atoms with E-state index in [9.17, 15) is 9.59 Å². The van der Waals surface area contributed by atoms with E-state index in [4.69, 9.17) is 14.2 Å². The predicted octanol–water partition coefficient (Wildman–Crippen LogP) is 2.76. The van der Waals surface area contributed by atoms with Crippen LogP contribution in [0.5, 0.6) is 0 Å². The van der Waals surface area contributed by atoms with Gasteiger partial charge in [-0.05, 0) is 99.4 Å². The van der Waals surface area contributed by atoms with E-state index in [0.717, 1.165) is 56.6 Å². The number of likely N-dealkylation sites (tertiary alicyclic amines) is 1. The predicted molar refractivity (Wildman–Crippen MR) is 167 cm³/mol. The molecule has 6 fully saturated rings. The molecule has 0 spiro atoms. The van der Waals surface area contributed by atoms with Gasteiger partial charge in [0.2, 0.25) is 0 Å². The molecule has 0 bridgehead atoms. The fraction of sp³-hybridized carbons (Fsp3) is 0.889. The standard InChI is InChI=1S/C36H59N2O5.BrH/c1-6-17-38(18-9-7-8-10-19-38)32-23-30-28-12-11-27-22-33(42-25(2)39)31(37-15-20-41-21-16-37)24-36(27,5)29(28)13-14-35(30,4)34(32)43-26(3)40;/h6,27-34H,1,7-24H2,2-5H3;1H/q+1;/p-1/t27-,28?,29?,30?,31-,32-,33-,34-,35-,36-;/m0./s1. The zero-order valence-corrected chi connectivity index (χ0v) is 29.5. The highest BCUT2D eigenvalue weighted by atomic mass is 79.9. The number of nitrogens with zero attached hydrogens (tertiary/aromatic N) is 2. The van der Waals surface area contributed by atoms with Crippen molar-refractivity contribution in [3.05, 3.63) is 12.7 Å². The lowest BCUT2D eigenvalue weighted by atomic mass is 9.44. The maximum absolute atomic E-state index is 12.7. The summed E-state index contributed by atoms with van der Waals surface area (Å²) in [6.07, 6.45) is 15.3. The van der Waals surface area contributed by atoms with Gasteiger partial charge >= 0.3 is 11.9 Å². The highest BCUT2D eigenvalue weighted by Crippen LogP contribution is 2.67. The normalized spacial score (nSPS) is 43.6. The third-order valence-electron chi connectivity index (χ3n) is 13.9. The Morgan fingerprint density at radius 3 is 2.25 bits per heavy atom. The van der Waals surface area contributed by atoms with Crippen LogP contribution >= 0.6 is 0 Å². The van der Waals surface area contributed by atoms with Crippen molar-refractivity contribution in [2.75, 3.05) is 45.9 Å². The molecule has 8 heteroatoms. The number of carbonyl (C=O) groups is 2. The van der Waals surface area contributed by atoms with Crippen molar-refractivity contribution in [2.45, 2.75) is 123 Å². The summed E-state index contributed by atoms with van der Waals surface area (Å²) in [5, 5.41) is 0. The van der Waals surface area contributed by atoms with Gasteiger partial charge in [0.1, 0.15) is 12.1 Å². The maximum Gasteiger partial charge on any atom is 0.303 e. The van der Waals surface area contributed by atoms with Gasteiger partial charge < -0.3 is 35.7 Å². The minimum atomic E-state index is -0.146. The molecule has 0 aromatic rings. The van der Waals surface area contributed by atoms with Crippen LogP contribution in [0.3, 0.4) is 0 Å². The lowest BCUT2D eigenvalue weighted by Gasteiger charge is -2.62. The van der Waals surface area contributed by atoms with E-state index >= 15 is 0 Å². The zero-order valence-electron chi connectivity index (χ0n) is 27.9. The quantitative estimate of drug-likeness (QED) is 0.245. The number of rotatable bonds is 6. The van der Waals surface area contributed by atoms with Crippen molar-refractivity contribution >= 4 is 11.9 Å². The van der Waals surface area contributed by atoms with Crippen molar-refractivity contribution in [3.63, 3.8) is 0 Å². The van der Waals surface area contributed by atoms with Crippen molar-refractivity contribution in [3.8, 4) is 0 Å². The summed E-state index contributed by atoms with van der Waals surface area (Å²) in [5.41, 5.74) is 0.257. The van der Waals surface area contributed by atoms with Gasteiger partial charge in [-0.2, -0.15) is 0 Å². The fourth-order valence-corrected chi connectivity index (χ4v) is 12.0. The van der Waals surface area contributed by atoms with Crippen LogP contribution in [-0.2, 0) is 23.8 Å². The van der Waals surface area contributed by atoms with E-state index in [0.29, 0.717) is 29.7 Å². The molecule has 0 aromatic carbocycles. The largest absolute Gasteiger partial charge is 1.00 e. The second-order valence-corrected chi connectivity index (χ2v) is 15.9. The maximum atomic E-state index is 12.7. The number of esters is 2. The van der Waals surface area contributed by atoms with Crippen LogP contribution < -0.4 is 17.0 Å². The summed E-state index contributed by atoms with van der Waals surface area (Å²) < 4.78 is 19.3. The van der Waals surface area contributed by atoms with Crippen molar-refractivity contribution in [1.82, 2.24) is 4.90 Å². The van der Waals surface area contributed by atoms with E-state index in [1.165, 1.54) is 64.5 Å². The van der Waals surface area contributed by atoms with Crippen LogP contribution in [0.15, 0.2) is 12.7 Å². The molecule has 44 heavy (non-hydrogen) atoms. The van der Waals surface area contributed by atoms with Gasteiger partial charge in [0.05, 0.1) is 32.8 Å². The summed E-state index contributed by atoms with van der Waals surface area (Å²) in [6.45, 7) is 19.2. The number of halogens is 1. The van der Waals surface area contributed by atoms with E-state index in [1.54, 1.807) is 13.8 Å². The van der Waals surface area contributed by atoms with Gasteiger partial charge in [0.15, 0.2) is 6.10 Å². The average molecular weight is 680 g/mol. The minimum absolute atomic E-state index is 0. The summed E-state index contributed by atoms with van der Waals surface area (Å²) in [4.78, 5) is 27.5. The Hall–Kier alpha value is -0.960. The van der Waals surface area contributed by atoms with Crippen LogP contribution in [0.2, 0.25) is 0 Å². The molecule has 0 amide bonds. The lowest BCUT2D eigenvalue weighted by molar-refractivity contribution is -0.948. The molecular formula is C36H59BrN2O5. The van der Waals surface area contributed by atoms with Gasteiger partial charge in [-0.1, -0.05) is 20.4 Å². The Morgan fingerprint density at radius 1 is 0.932 bits per heavy atom. The number of carbonyl (C=O) groups excluding carboxylic acids is 2. The number of quaternary nitrogens is 1. The molecule has 7 nitrogen and oxygen atoms in total. The van der Waals surface area contributed by atoms with Gasteiger partial charge in [-0.3, -0.25) is 14.5 Å². The summed E-state index contributed by atoms with van der Waals surface area (Å²) in [5.74, 6) is 2.24. The Balaban J connectivity index is 0.00000384. The first-order chi connectivity index (χ1) is 20.6. The highest BCUT2D eigenvalue weighted by Gasteiger charge is 2.67. The third-order valence-corrected chi connectivity index (χ3v) is 13.9. The van der Waals surface area contributed by atoms with Gasteiger partial charge in [0.25, 0.3) is 0 Å². The fourth-order valence-electron chi connectivity index (χ4n) is 12.0. The molecule has 0 radical (unpaired) electrons. The molecule has 250 valence electrons. The number of morpholine rings is 1. The van der Waals surface area contributed by atoms with Crippen LogP contribution in [-0.4, -0.2) is 91.6 Å². The molecule has 10 atom stereocenters. The molecule has 2 aliphatic heterocycles. The molecule has 4 aliphatic carbocycles. The third kappa shape index (κ3) is 6.08. The Morgan fingerprint density at radius 2 is 1.61 bits per heavy atom. The van der Waals surface area contributed by atoms with Crippen LogP contribution in [0.1, 0.15) is 98.3 Å². The highest BCUT2D eigenvalue weighted by molar-refractivity contribution is 5.66. The second kappa shape index (κ2) is 13.6. The first-order valence-electron chi connectivity index (χ1n) is 17.7. The number of hydrogen-bond donors (Lipinski definition) is 0. The summed E-state index contributed by atoms with van der Waals surface area (Å²) in [7, 11) is 0. The van der Waals surface area contributed by atoms with Gasteiger partial charge in [0, 0.05) is 44.8 Å². The Kier molecular flexibility index (Phi) is 10.7. The van der Waals surface area contributed by atoms with Crippen LogP contribution in [0.4, 0.5) is 0 Å². The molecule has 2 heterocycles. The summed E-state index contributed by atoms with van der Waals surface area (Å²) in [6, 6.07) is 0.629. The molecule has 0 N–H and O–H groups in total. The summed E-state index contributed by atoms with van der Waals surface area (Å²) >= 11 is 0. The number of fused-ring (bicyclic) bond motifs is 5. The van der Waals surface area contributed by atoms with E-state index in [1.807, 2.05) is 0 Å². The van der Waals surface area contributed by atoms with Gasteiger partial charge in [-0.15, -0.1) is 0 Å². The SMILES string of the molecule is C=CC[N+]1([C@H]2CC3C4CC[C@H]5C[C@H](OC(C)=O)[C@@H](N6CCOCC6)C[C@]5(C)C4CC[C@]3(C)[C@H]2OC(C)=O)CCCCCC1.[Br-]. The van der Waals surface area contributed by atoms with E-state index < -0.39 is 0 Å². The first-order valence-corrected chi connectivity index (χ1v) is 17.7. The lowest BCUT2D eigenvalue weighted by Crippen LogP contribution is -3.00. The first kappa shape index (κ1) is 34.4. The van der Waals surface area contributed by atoms with E-state index in [2.05, 4.69) is 31.4 Å². The Bertz CT molecular complexity index is 1040. The molecular weight excluding hydrogens is 620 g/mol. The molecule has 0 aromatic heterocycles. The van der Waals surface area contributed by atoms with Crippen molar-refractivity contribution in [1.29, 1.82) is 0 Å². The Labute approximate surface area is 277 Å². The molecule has 4 saturated carbocycles. The smallest absolute Gasteiger partial charge is 0.303 e. The van der Waals surface area contributed by atoms with Crippen LogP contribution in [0, 0.1) is 34.5 Å². The van der Waals surface area contributed by atoms with E-state index in [-0.39, 0.29) is 58.0 Å². The van der Waals surface area contributed by atoms with Gasteiger partial charge in [-0.25, -0.2) is 0 Å². The topological polar surface area (TPSA) is 65.1 Å². The monoisotopic (exact) mass is 678 g/mol. The molecule has 6 aliphatic rings. The average Bonchev–Trinajstić information content (AvgIpc) is 3.10. The van der Waals surface area contributed by atoms with Crippen LogP contribution in [0.25, 0.3) is 0 Å². The molecule has 3 unspecified atom stereocenters. The minimum Gasteiger partial charge on any atom is -1.00 e. The van der Waals surface area contributed by atoms with Crippen molar-refractivity contribution in [2.24, 2.45) is 34.5 Å². The molecule has 2 saturated heterocycles. The van der Waals surface area contributed by atoms with Crippen molar-refractivity contribution < 1.29 is 45.3 Å². The zero-order chi connectivity index (χ0) is 30.4. The number of hydrogen-bond acceptors (Lipinski definition) is 6. The number of ether oxygens (including phenoxy) is 3. The second-order valence-electron chi connectivity index (χ2n) is 15.9. The molecule has 6 rings (SSSR count).